The lowest BCUT2D eigenvalue weighted by molar-refractivity contribution is 0.595. The van der Waals surface area contributed by atoms with Crippen LogP contribution in [0.4, 0.5) is 0 Å². The molecule has 0 aliphatic rings. The molecule has 53 valence electrons. The highest BCUT2D eigenvalue weighted by atomic mass is 16.3. The van der Waals surface area contributed by atoms with Crippen LogP contribution in [-0.2, 0) is 0 Å². The van der Waals surface area contributed by atoms with Gasteiger partial charge in [-0.1, -0.05) is 26.1 Å². The van der Waals surface area contributed by atoms with Crippen LogP contribution < -0.4 is 5.66 Å². The van der Waals surface area contributed by atoms with E-state index in [1.165, 1.54) is 0 Å². The molecule has 0 spiro atoms. The minimum atomic E-state index is 0.206. The Bertz CT molecular complexity index is 184. The molecular formula is C8H12BO. The molecule has 0 unspecified atom stereocenters. The quantitative estimate of drug-likeness (QED) is 0.535. The molecule has 10 heavy (non-hydrogen) atoms. The predicted octanol–water partition coefficient (Wildman–Crippen LogP) is 1.83. The smallest absolute Gasteiger partial charge is 0.208 e. The largest absolute Gasteiger partial charge is 0.480 e. The molecule has 1 rings (SSSR count). The molecule has 0 atom stereocenters. The molecule has 1 radical (unpaired) electrons. The molecule has 1 aromatic heterocycles. The van der Waals surface area contributed by atoms with Gasteiger partial charge in [0.25, 0.3) is 0 Å². The third-order valence-corrected chi connectivity index (χ3v) is 1.12. The molecule has 0 bridgehead atoms. The predicted molar refractivity (Wildman–Crippen MR) is 43.8 cm³/mol. The monoisotopic (exact) mass is 135 g/mol. The summed E-state index contributed by atoms with van der Waals surface area (Å²) < 4.78 is 5.15. The summed E-state index contributed by atoms with van der Waals surface area (Å²) in [5, 5.41) is 0.206. The van der Waals surface area contributed by atoms with Crippen LogP contribution in [0.3, 0.4) is 0 Å². The zero-order chi connectivity index (χ0) is 7.61. The Balaban J connectivity index is 2.57. The van der Waals surface area contributed by atoms with Crippen molar-refractivity contribution in [2.75, 3.05) is 0 Å². The van der Waals surface area contributed by atoms with Crippen molar-refractivity contribution in [3.8, 4) is 0 Å². The van der Waals surface area contributed by atoms with Gasteiger partial charge >= 0.3 is 0 Å². The van der Waals surface area contributed by atoms with Crippen molar-refractivity contribution in [1.29, 1.82) is 0 Å². The van der Waals surface area contributed by atoms with Crippen LogP contribution in [0.15, 0.2) is 22.8 Å². The fraction of sp³-hybridized carbons (Fsp3) is 0.500. The van der Waals surface area contributed by atoms with Gasteiger partial charge in [-0.15, -0.1) is 0 Å². The second-order valence-corrected chi connectivity index (χ2v) is 3.53. The van der Waals surface area contributed by atoms with Crippen molar-refractivity contribution in [3.63, 3.8) is 0 Å². The van der Waals surface area contributed by atoms with Crippen LogP contribution in [-0.4, -0.2) is 7.28 Å². The van der Waals surface area contributed by atoms with Crippen LogP contribution >= 0.6 is 0 Å². The average Bonchev–Trinajstić information content (AvgIpc) is 2.12. The first-order valence-corrected chi connectivity index (χ1v) is 3.47. The van der Waals surface area contributed by atoms with Gasteiger partial charge in [0.05, 0.1) is 11.9 Å². The molecule has 1 heterocycles. The fourth-order valence-corrected chi connectivity index (χ4v) is 0.800. The highest BCUT2D eigenvalue weighted by molar-refractivity contribution is 6.54. The third-order valence-electron chi connectivity index (χ3n) is 1.12. The number of furan rings is 1. The molecule has 0 saturated carbocycles. The zero-order valence-corrected chi connectivity index (χ0v) is 6.72. The maximum atomic E-state index is 5.15. The molecule has 0 saturated heterocycles. The number of rotatable bonds is 1. The highest BCUT2D eigenvalue weighted by Crippen LogP contribution is 2.19. The van der Waals surface area contributed by atoms with Gasteiger partial charge in [-0.25, -0.2) is 0 Å². The van der Waals surface area contributed by atoms with Gasteiger partial charge in [0.15, 0.2) is 0 Å². The first-order chi connectivity index (χ1) is 4.58. The lowest BCUT2D eigenvalue weighted by atomic mass is 9.54. The molecule has 0 aliphatic carbocycles. The van der Waals surface area contributed by atoms with Gasteiger partial charge in [0.2, 0.25) is 7.28 Å². The van der Waals surface area contributed by atoms with Gasteiger partial charge < -0.3 is 4.42 Å². The standard InChI is InChI=1S/C8H12BO/c1-8(2,3)9-7-5-4-6-10-7/h4-6H,1-3H3. The van der Waals surface area contributed by atoms with Crippen LogP contribution in [0.1, 0.15) is 20.8 Å². The average molecular weight is 135 g/mol. The van der Waals surface area contributed by atoms with Gasteiger partial charge in [-0.05, 0) is 12.1 Å². The van der Waals surface area contributed by atoms with Crippen molar-refractivity contribution in [2.24, 2.45) is 0 Å². The van der Waals surface area contributed by atoms with Crippen molar-refractivity contribution in [3.05, 3.63) is 18.4 Å². The van der Waals surface area contributed by atoms with Gasteiger partial charge in [-0.2, -0.15) is 0 Å². The molecule has 0 N–H and O–H groups in total. The minimum absolute atomic E-state index is 0.206. The first kappa shape index (κ1) is 7.45. The summed E-state index contributed by atoms with van der Waals surface area (Å²) in [6.45, 7) is 6.44. The van der Waals surface area contributed by atoms with E-state index in [1.54, 1.807) is 6.26 Å². The number of hydrogen-bond donors (Lipinski definition) is 0. The zero-order valence-electron chi connectivity index (χ0n) is 6.72. The summed E-state index contributed by atoms with van der Waals surface area (Å²) in [5.41, 5.74) is 0.951. The van der Waals surface area contributed by atoms with E-state index < -0.39 is 0 Å². The van der Waals surface area contributed by atoms with Crippen molar-refractivity contribution < 1.29 is 4.42 Å². The number of hydrogen-bond acceptors (Lipinski definition) is 1. The lowest BCUT2D eigenvalue weighted by Crippen LogP contribution is -2.21. The molecule has 0 amide bonds. The van der Waals surface area contributed by atoms with E-state index >= 15 is 0 Å². The van der Waals surface area contributed by atoms with Gasteiger partial charge in [0.1, 0.15) is 0 Å². The Kier molecular flexibility index (Phi) is 1.88. The van der Waals surface area contributed by atoms with Crippen LogP contribution in [0.2, 0.25) is 5.31 Å². The normalized spacial score (nSPS) is 11.5. The third kappa shape index (κ3) is 2.30. The highest BCUT2D eigenvalue weighted by Gasteiger charge is 2.14. The molecule has 1 nitrogen and oxygen atoms in total. The molecule has 0 aromatic carbocycles. The second-order valence-electron chi connectivity index (χ2n) is 3.53. The maximum Gasteiger partial charge on any atom is 0.208 e. The Morgan fingerprint density at radius 2 is 2.10 bits per heavy atom. The van der Waals surface area contributed by atoms with E-state index in [0.29, 0.717) is 0 Å². The first-order valence-electron chi connectivity index (χ1n) is 3.47. The molecule has 1 aromatic rings. The molecule has 0 aliphatic heterocycles. The van der Waals surface area contributed by atoms with E-state index in [9.17, 15) is 0 Å². The SMILES string of the molecule is CC(C)(C)[B]c1ccco1. The summed E-state index contributed by atoms with van der Waals surface area (Å²) in [4.78, 5) is 0. The molecule has 0 fully saturated rings. The molecule has 2 heteroatoms. The topological polar surface area (TPSA) is 13.1 Å². The summed E-state index contributed by atoms with van der Waals surface area (Å²) in [5.74, 6) is 0. The second kappa shape index (κ2) is 2.53. The van der Waals surface area contributed by atoms with Crippen molar-refractivity contribution >= 4 is 12.9 Å². The van der Waals surface area contributed by atoms with E-state index in [1.807, 2.05) is 12.1 Å². The molecular weight excluding hydrogens is 123 g/mol. The lowest BCUT2D eigenvalue weighted by Gasteiger charge is -2.13. The van der Waals surface area contributed by atoms with Crippen molar-refractivity contribution in [2.45, 2.75) is 26.1 Å². The Labute approximate surface area is 62.7 Å². The minimum Gasteiger partial charge on any atom is -0.480 e. The van der Waals surface area contributed by atoms with Crippen LogP contribution in [0.25, 0.3) is 0 Å². The summed E-state index contributed by atoms with van der Waals surface area (Å²) in [7, 11) is 2.10. The van der Waals surface area contributed by atoms with Crippen LogP contribution in [0.5, 0.6) is 0 Å². The maximum absolute atomic E-state index is 5.15. The Morgan fingerprint density at radius 1 is 1.40 bits per heavy atom. The fourth-order valence-electron chi connectivity index (χ4n) is 0.800. The van der Waals surface area contributed by atoms with Gasteiger partial charge in [0, 0.05) is 0 Å². The Morgan fingerprint density at radius 3 is 2.50 bits per heavy atom. The van der Waals surface area contributed by atoms with Gasteiger partial charge in [-0.3, -0.25) is 0 Å². The summed E-state index contributed by atoms with van der Waals surface area (Å²) in [6, 6.07) is 3.86. The van der Waals surface area contributed by atoms with E-state index in [-0.39, 0.29) is 5.31 Å². The van der Waals surface area contributed by atoms with E-state index in [4.69, 9.17) is 4.42 Å². The summed E-state index contributed by atoms with van der Waals surface area (Å²) in [6.07, 6.45) is 1.69. The Hall–Kier alpha value is -0.655. The summed E-state index contributed by atoms with van der Waals surface area (Å²) >= 11 is 0. The van der Waals surface area contributed by atoms with Crippen molar-refractivity contribution in [1.82, 2.24) is 0 Å². The van der Waals surface area contributed by atoms with Crippen LogP contribution in [0, 0.1) is 0 Å². The van der Waals surface area contributed by atoms with E-state index in [2.05, 4.69) is 28.1 Å². The van der Waals surface area contributed by atoms with E-state index in [0.717, 1.165) is 5.66 Å².